The molecule has 1 atom stereocenters. The van der Waals surface area contributed by atoms with Gasteiger partial charge in [0.2, 0.25) is 6.29 Å². The summed E-state index contributed by atoms with van der Waals surface area (Å²) in [7, 11) is 1.51. The van der Waals surface area contributed by atoms with Crippen LogP contribution in [0.4, 0.5) is 4.39 Å². The van der Waals surface area contributed by atoms with Crippen LogP contribution in [-0.2, 0) is 9.57 Å². The minimum Gasteiger partial charge on any atom is -0.496 e. The Labute approximate surface area is 164 Å². The summed E-state index contributed by atoms with van der Waals surface area (Å²) in [4.78, 5) is 17.4. The van der Waals surface area contributed by atoms with Crippen molar-refractivity contribution in [1.82, 2.24) is 5.48 Å². The molecule has 0 spiro atoms. The summed E-state index contributed by atoms with van der Waals surface area (Å²) in [6, 6.07) is 8.82. The molecule has 0 aliphatic carbocycles. The zero-order valence-corrected chi connectivity index (χ0v) is 15.3. The SMILES string of the molecule is COc1cc2c(C(=O)O)c(-c3ccc(F)cc3)oc2cc1C1=C2CCOC2ON1. The average Bonchev–Trinajstić information content (AvgIpc) is 3.41. The number of halogens is 1. The van der Waals surface area contributed by atoms with Gasteiger partial charge >= 0.3 is 5.97 Å². The maximum atomic E-state index is 13.3. The van der Waals surface area contributed by atoms with E-state index < -0.39 is 18.1 Å². The van der Waals surface area contributed by atoms with Gasteiger partial charge in [0.25, 0.3) is 0 Å². The molecule has 2 aromatic carbocycles. The Balaban J connectivity index is 1.74. The van der Waals surface area contributed by atoms with Gasteiger partial charge in [-0.2, -0.15) is 0 Å². The van der Waals surface area contributed by atoms with Crippen LogP contribution in [0.2, 0.25) is 0 Å². The molecule has 3 heterocycles. The van der Waals surface area contributed by atoms with Crippen molar-refractivity contribution in [3.05, 3.63) is 58.9 Å². The highest BCUT2D eigenvalue weighted by atomic mass is 19.1. The molecule has 0 radical (unpaired) electrons. The second-order valence-corrected chi connectivity index (χ2v) is 6.74. The molecule has 5 rings (SSSR count). The molecule has 2 aliphatic heterocycles. The van der Waals surface area contributed by atoms with Crippen LogP contribution in [0.25, 0.3) is 28.0 Å². The molecule has 2 aliphatic rings. The molecule has 29 heavy (non-hydrogen) atoms. The van der Waals surface area contributed by atoms with Gasteiger partial charge in [-0.15, -0.1) is 0 Å². The fourth-order valence-corrected chi connectivity index (χ4v) is 3.75. The molecule has 0 saturated carbocycles. The van der Waals surface area contributed by atoms with Gasteiger partial charge < -0.3 is 19.0 Å². The number of carbonyl (C=O) groups is 1. The third-order valence-electron chi connectivity index (χ3n) is 5.11. The van der Waals surface area contributed by atoms with E-state index in [1.807, 2.05) is 0 Å². The molecule has 3 aromatic rings. The van der Waals surface area contributed by atoms with Crippen molar-refractivity contribution >= 4 is 22.6 Å². The lowest BCUT2D eigenvalue weighted by Crippen LogP contribution is -2.13. The smallest absolute Gasteiger partial charge is 0.340 e. The second kappa shape index (κ2) is 6.61. The van der Waals surface area contributed by atoms with E-state index in [0.29, 0.717) is 40.9 Å². The first-order chi connectivity index (χ1) is 14.1. The number of methoxy groups -OCH3 is 1. The van der Waals surface area contributed by atoms with Crippen LogP contribution >= 0.6 is 0 Å². The van der Waals surface area contributed by atoms with Crippen LogP contribution in [0, 0.1) is 5.82 Å². The van der Waals surface area contributed by atoms with Crippen molar-refractivity contribution in [3.8, 4) is 17.1 Å². The van der Waals surface area contributed by atoms with Crippen molar-refractivity contribution in [2.24, 2.45) is 0 Å². The lowest BCUT2D eigenvalue weighted by atomic mass is 10.0. The number of furan rings is 1. The van der Waals surface area contributed by atoms with E-state index in [9.17, 15) is 14.3 Å². The summed E-state index contributed by atoms with van der Waals surface area (Å²) < 4.78 is 30.2. The third-order valence-corrected chi connectivity index (χ3v) is 5.11. The Hall–Kier alpha value is -3.36. The lowest BCUT2D eigenvalue weighted by Gasteiger charge is -2.11. The molecular formula is C21H16FNO6. The molecule has 1 unspecified atom stereocenters. The number of aromatic carboxylic acids is 1. The van der Waals surface area contributed by atoms with Crippen LogP contribution in [-0.4, -0.2) is 31.1 Å². The number of carboxylic acids is 1. The Morgan fingerprint density at radius 2 is 2.07 bits per heavy atom. The minimum atomic E-state index is -1.15. The second-order valence-electron chi connectivity index (χ2n) is 6.74. The summed E-state index contributed by atoms with van der Waals surface area (Å²) >= 11 is 0. The normalized spacial score (nSPS) is 18.2. The van der Waals surface area contributed by atoms with E-state index in [1.165, 1.54) is 31.4 Å². The number of ether oxygens (including phenoxy) is 2. The molecule has 148 valence electrons. The Kier molecular flexibility index (Phi) is 4.04. The van der Waals surface area contributed by atoms with Crippen LogP contribution in [0.15, 0.2) is 46.4 Å². The van der Waals surface area contributed by atoms with E-state index in [4.69, 9.17) is 18.7 Å². The Bertz CT molecular complexity index is 1160. The number of hydroxylamine groups is 1. The van der Waals surface area contributed by atoms with Crippen molar-refractivity contribution < 1.29 is 33.0 Å². The molecule has 0 amide bonds. The predicted molar refractivity (Wildman–Crippen MR) is 101 cm³/mol. The van der Waals surface area contributed by atoms with Gasteiger partial charge in [0, 0.05) is 22.1 Å². The maximum Gasteiger partial charge on any atom is 0.340 e. The zero-order valence-electron chi connectivity index (χ0n) is 15.3. The summed E-state index contributed by atoms with van der Waals surface area (Å²) in [5, 5.41) is 10.2. The van der Waals surface area contributed by atoms with E-state index in [0.717, 1.165) is 11.3 Å². The standard InChI is InChI=1S/C21H16FNO6/c1-26-15-8-13-16(9-14(15)18-12-6-7-27-21(12)29-23-18)28-19(17(13)20(24)25)10-2-4-11(22)5-3-10/h2-5,8-9,21,23H,6-7H2,1H3,(H,24,25). The fraction of sp³-hybridized carbons (Fsp3) is 0.190. The predicted octanol–water partition coefficient (Wildman–Crippen LogP) is 3.94. The number of hydrogen-bond acceptors (Lipinski definition) is 6. The van der Waals surface area contributed by atoms with Crippen molar-refractivity contribution in [2.45, 2.75) is 12.7 Å². The fourth-order valence-electron chi connectivity index (χ4n) is 3.75. The first kappa shape index (κ1) is 17.7. The minimum absolute atomic E-state index is 0.00758. The van der Waals surface area contributed by atoms with Crippen molar-refractivity contribution in [2.75, 3.05) is 13.7 Å². The molecule has 0 bridgehead atoms. The van der Waals surface area contributed by atoms with Gasteiger partial charge in [-0.3, -0.25) is 5.48 Å². The highest BCUT2D eigenvalue weighted by Crippen LogP contribution is 2.41. The molecule has 1 fully saturated rings. The Morgan fingerprint density at radius 3 is 2.79 bits per heavy atom. The number of carboxylic acid groups (broad SMARTS) is 1. The van der Waals surface area contributed by atoms with Gasteiger partial charge in [-0.25, -0.2) is 14.0 Å². The zero-order chi connectivity index (χ0) is 20.1. The molecule has 1 aromatic heterocycles. The van der Waals surface area contributed by atoms with Crippen molar-refractivity contribution in [1.29, 1.82) is 0 Å². The molecule has 2 N–H and O–H groups in total. The number of fused-ring (bicyclic) bond motifs is 2. The summed E-state index contributed by atoms with van der Waals surface area (Å²) in [5.74, 6) is -0.939. The van der Waals surface area contributed by atoms with Gasteiger partial charge in [0.15, 0.2) is 0 Å². The van der Waals surface area contributed by atoms with Crippen LogP contribution in [0.5, 0.6) is 5.75 Å². The van der Waals surface area contributed by atoms with E-state index in [-0.39, 0.29) is 11.3 Å². The number of hydrogen-bond donors (Lipinski definition) is 2. The summed E-state index contributed by atoms with van der Waals surface area (Å²) in [6.45, 7) is 0.564. The lowest BCUT2D eigenvalue weighted by molar-refractivity contribution is -0.109. The van der Waals surface area contributed by atoms with E-state index in [1.54, 1.807) is 12.1 Å². The van der Waals surface area contributed by atoms with E-state index >= 15 is 0 Å². The average molecular weight is 397 g/mol. The summed E-state index contributed by atoms with van der Waals surface area (Å²) in [6.07, 6.45) is 0.277. The number of rotatable bonds is 4. The monoisotopic (exact) mass is 397 g/mol. The molecule has 8 heteroatoms. The molecular weight excluding hydrogens is 381 g/mol. The maximum absolute atomic E-state index is 13.3. The van der Waals surface area contributed by atoms with Gasteiger partial charge in [-0.05, 0) is 42.8 Å². The largest absolute Gasteiger partial charge is 0.496 e. The Morgan fingerprint density at radius 1 is 1.28 bits per heavy atom. The molecule has 7 nitrogen and oxygen atoms in total. The van der Waals surface area contributed by atoms with Gasteiger partial charge in [0.1, 0.15) is 28.5 Å². The highest BCUT2D eigenvalue weighted by molar-refractivity contribution is 6.09. The summed E-state index contributed by atoms with van der Waals surface area (Å²) in [5.41, 5.74) is 6.07. The van der Waals surface area contributed by atoms with Crippen molar-refractivity contribution in [3.63, 3.8) is 0 Å². The molecule has 1 saturated heterocycles. The topological polar surface area (TPSA) is 90.2 Å². The van der Waals surface area contributed by atoms with Crippen LogP contribution in [0.1, 0.15) is 22.3 Å². The van der Waals surface area contributed by atoms with E-state index in [2.05, 4.69) is 5.48 Å². The van der Waals surface area contributed by atoms with Crippen LogP contribution in [0.3, 0.4) is 0 Å². The van der Waals surface area contributed by atoms with Gasteiger partial charge in [-0.1, -0.05) is 0 Å². The first-order valence-corrected chi connectivity index (χ1v) is 8.97. The quantitative estimate of drug-likeness (QED) is 0.689. The highest BCUT2D eigenvalue weighted by Gasteiger charge is 2.34. The van der Waals surface area contributed by atoms with Gasteiger partial charge in [0.05, 0.1) is 19.4 Å². The first-order valence-electron chi connectivity index (χ1n) is 8.97. The van der Waals surface area contributed by atoms with Crippen LogP contribution < -0.4 is 10.2 Å². The third kappa shape index (κ3) is 2.76. The number of benzene rings is 2. The number of nitrogens with one attached hydrogen (secondary N) is 1.